The van der Waals surface area contributed by atoms with Crippen LogP contribution in [-0.4, -0.2) is 45.0 Å². The van der Waals surface area contributed by atoms with Gasteiger partial charge in [0, 0.05) is 12.6 Å². The molecular formula is C20H28N4O3S2. The van der Waals surface area contributed by atoms with Crippen LogP contribution in [0.15, 0.2) is 22.7 Å². The Morgan fingerprint density at radius 2 is 2.17 bits per heavy atom. The monoisotopic (exact) mass is 436 g/mol. The maximum absolute atomic E-state index is 12.2. The zero-order valence-corrected chi connectivity index (χ0v) is 18.7. The summed E-state index contributed by atoms with van der Waals surface area (Å²) in [6.45, 7) is 6.88. The van der Waals surface area contributed by atoms with Gasteiger partial charge in [0.25, 0.3) is 5.91 Å². The van der Waals surface area contributed by atoms with Crippen LogP contribution in [0.4, 0.5) is 0 Å². The Kier molecular flexibility index (Phi) is 7.71. The smallest absolute Gasteiger partial charge is 0.316 e. The first-order valence-electron chi connectivity index (χ1n) is 10.0. The minimum atomic E-state index is -0.432. The molecule has 2 aromatic heterocycles. The molecule has 1 fully saturated rings. The molecule has 0 bridgehead atoms. The van der Waals surface area contributed by atoms with E-state index in [1.165, 1.54) is 18.2 Å². The first-order chi connectivity index (χ1) is 14.0. The normalized spacial score (nSPS) is 21.7. The number of hydrogen-bond acceptors (Lipinski definition) is 7. The third-order valence-electron chi connectivity index (χ3n) is 5.51. The molecule has 1 aliphatic rings. The lowest BCUT2D eigenvalue weighted by molar-refractivity contribution is -0.146. The maximum Gasteiger partial charge on any atom is 0.316 e. The topological polar surface area (TPSA) is 86.1 Å². The van der Waals surface area contributed by atoms with Crippen molar-refractivity contribution in [2.45, 2.75) is 57.8 Å². The van der Waals surface area contributed by atoms with E-state index in [4.69, 9.17) is 4.74 Å². The van der Waals surface area contributed by atoms with E-state index in [2.05, 4.69) is 29.4 Å². The van der Waals surface area contributed by atoms with Gasteiger partial charge in [-0.15, -0.1) is 21.5 Å². The lowest BCUT2D eigenvalue weighted by Crippen LogP contribution is -2.45. The molecule has 2 aromatic rings. The highest BCUT2D eigenvalue weighted by atomic mass is 32.2. The summed E-state index contributed by atoms with van der Waals surface area (Å²) in [5.41, 5.74) is 0. The lowest BCUT2D eigenvalue weighted by Gasteiger charge is -2.34. The molecule has 158 valence electrons. The van der Waals surface area contributed by atoms with Gasteiger partial charge in [0.1, 0.15) is 0 Å². The number of thiophene rings is 1. The maximum atomic E-state index is 12.2. The van der Waals surface area contributed by atoms with E-state index in [1.807, 2.05) is 29.0 Å². The molecule has 0 spiro atoms. The van der Waals surface area contributed by atoms with E-state index in [0.717, 1.165) is 23.5 Å². The van der Waals surface area contributed by atoms with Gasteiger partial charge >= 0.3 is 5.97 Å². The average molecular weight is 437 g/mol. The Labute approximate surface area is 179 Å². The third kappa shape index (κ3) is 5.60. The first kappa shape index (κ1) is 21.8. The van der Waals surface area contributed by atoms with Crippen molar-refractivity contribution in [3.63, 3.8) is 0 Å². The van der Waals surface area contributed by atoms with Gasteiger partial charge in [0.05, 0.1) is 10.6 Å². The molecule has 0 aromatic carbocycles. The second-order valence-electron chi connectivity index (χ2n) is 7.42. The predicted octanol–water partition coefficient (Wildman–Crippen LogP) is 3.60. The standard InChI is InChI=1S/C20H28N4O3S2/c1-4-24-19(16-9-6-10-28-16)22-23-20(24)29-12-18(26)27-11-17(25)21-15-8-5-7-13(2)14(15)3/h6,9-10,13-15H,4-5,7-8,11-12H2,1-3H3,(H,21,25)/t13-,14+,15+/m0/s1. The molecule has 7 nitrogen and oxygen atoms in total. The number of thioether (sulfide) groups is 1. The molecule has 9 heteroatoms. The number of nitrogens with one attached hydrogen (secondary N) is 1. The fourth-order valence-electron chi connectivity index (χ4n) is 3.61. The van der Waals surface area contributed by atoms with E-state index in [1.54, 1.807) is 11.3 Å². The van der Waals surface area contributed by atoms with Crippen molar-refractivity contribution in [3.8, 4) is 10.7 Å². The molecule has 0 aliphatic heterocycles. The Hall–Kier alpha value is -1.87. The van der Waals surface area contributed by atoms with Crippen molar-refractivity contribution < 1.29 is 14.3 Å². The predicted molar refractivity (Wildman–Crippen MR) is 115 cm³/mol. The van der Waals surface area contributed by atoms with Crippen molar-refractivity contribution in [2.24, 2.45) is 11.8 Å². The number of carbonyl (C=O) groups excluding carboxylic acids is 2. The zero-order chi connectivity index (χ0) is 20.8. The SMILES string of the molecule is CCn1c(SCC(=O)OCC(=O)N[C@@H]2CCC[C@H](C)[C@H]2C)nnc1-c1cccs1. The van der Waals surface area contributed by atoms with Gasteiger partial charge in [-0.05, 0) is 36.6 Å². The Bertz CT molecular complexity index is 822. The molecule has 0 saturated heterocycles. The van der Waals surface area contributed by atoms with Crippen molar-refractivity contribution in [1.29, 1.82) is 0 Å². The average Bonchev–Trinajstić information content (AvgIpc) is 3.37. The number of amides is 1. The van der Waals surface area contributed by atoms with Crippen molar-refractivity contribution >= 4 is 35.0 Å². The Morgan fingerprint density at radius 1 is 1.34 bits per heavy atom. The van der Waals surface area contributed by atoms with Gasteiger partial charge in [-0.1, -0.05) is 44.5 Å². The number of esters is 1. The van der Waals surface area contributed by atoms with Crippen LogP contribution in [0, 0.1) is 11.8 Å². The van der Waals surface area contributed by atoms with Crippen LogP contribution in [0.5, 0.6) is 0 Å². The van der Waals surface area contributed by atoms with Gasteiger partial charge in [-0.25, -0.2) is 0 Å². The van der Waals surface area contributed by atoms with Crippen molar-refractivity contribution in [1.82, 2.24) is 20.1 Å². The van der Waals surface area contributed by atoms with E-state index >= 15 is 0 Å². The fraction of sp³-hybridized carbons (Fsp3) is 0.600. The summed E-state index contributed by atoms with van der Waals surface area (Å²) < 4.78 is 7.13. The van der Waals surface area contributed by atoms with Gasteiger partial charge in [0.15, 0.2) is 17.6 Å². The second kappa shape index (κ2) is 10.2. The van der Waals surface area contributed by atoms with E-state index in [0.29, 0.717) is 23.5 Å². The zero-order valence-electron chi connectivity index (χ0n) is 17.1. The number of nitrogens with zero attached hydrogens (tertiary/aromatic N) is 3. The Morgan fingerprint density at radius 3 is 2.90 bits per heavy atom. The highest BCUT2D eigenvalue weighted by molar-refractivity contribution is 7.99. The summed E-state index contributed by atoms with van der Waals surface area (Å²) in [5.74, 6) is 1.27. The minimum Gasteiger partial charge on any atom is -0.455 e. The van der Waals surface area contributed by atoms with Crippen LogP contribution < -0.4 is 5.32 Å². The largest absolute Gasteiger partial charge is 0.455 e. The van der Waals surface area contributed by atoms with Crippen molar-refractivity contribution in [3.05, 3.63) is 17.5 Å². The molecule has 29 heavy (non-hydrogen) atoms. The third-order valence-corrected chi connectivity index (χ3v) is 7.32. The Balaban J connectivity index is 1.45. The summed E-state index contributed by atoms with van der Waals surface area (Å²) in [5, 5.41) is 14.1. The highest BCUT2D eigenvalue weighted by Crippen LogP contribution is 2.29. The molecule has 1 N–H and O–H groups in total. The molecule has 2 heterocycles. The molecule has 3 rings (SSSR count). The highest BCUT2D eigenvalue weighted by Gasteiger charge is 2.28. The van der Waals surface area contributed by atoms with Crippen LogP contribution in [0.3, 0.4) is 0 Å². The molecule has 0 unspecified atom stereocenters. The van der Waals surface area contributed by atoms with Gasteiger partial charge in [-0.2, -0.15) is 0 Å². The van der Waals surface area contributed by atoms with E-state index < -0.39 is 5.97 Å². The summed E-state index contributed by atoms with van der Waals surface area (Å²) in [6.07, 6.45) is 3.31. The van der Waals surface area contributed by atoms with Gasteiger partial charge in [0.2, 0.25) is 0 Å². The molecular weight excluding hydrogens is 408 g/mol. The number of aromatic nitrogens is 3. The summed E-state index contributed by atoms with van der Waals surface area (Å²) >= 11 is 2.87. The molecule has 1 saturated carbocycles. The van der Waals surface area contributed by atoms with E-state index in [9.17, 15) is 9.59 Å². The van der Waals surface area contributed by atoms with Crippen LogP contribution in [0.2, 0.25) is 0 Å². The molecule has 1 amide bonds. The number of ether oxygens (including phenoxy) is 1. The number of rotatable bonds is 8. The van der Waals surface area contributed by atoms with Crippen LogP contribution in [0.25, 0.3) is 10.7 Å². The lowest BCUT2D eigenvalue weighted by atomic mass is 9.78. The second-order valence-corrected chi connectivity index (χ2v) is 9.31. The molecule has 1 aliphatic carbocycles. The van der Waals surface area contributed by atoms with Crippen molar-refractivity contribution in [2.75, 3.05) is 12.4 Å². The van der Waals surface area contributed by atoms with Crippen LogP contribution >= 0.6 is 23.1 Å². The first-order valence-corrected chi connectivity index (χ1v) is 11.9. The quantitative estimate of drug-likeness (QED) is 0.503. The summed E-state index contributed by atoms with van der Waals surface area (Å²) in [4.78, 5) is 25.3. The fourth-order valence-corrected chi connectivity index (χ4v) is 5.13. The molecule has 3 atom stereocenters. The summed E-state index contributed by atoms with van der Waals surface area (Å²) in [7, 11) is 0. The number of carbonyl (C=O) groups is 2. The molecule has 0 radical (unpaired) electrons. The van der Waals surface area contributed by atoms with Gasteiger partial charge < -0.3 is 14.6 Å². The van der Waals surface area contributed by atoms with Crippen LogP contribution in [0.1, 0.15) is 40.0 Å². The van der Waals surface area contributed by atoms with Crippen LogP contribution in [-0.2, 0) is 20.9 Å². The number of hydrogen-bond donors (Lipinski definition) is 1. The summed E-state index contributed by atoms with van der Waals surface area (Å²) in [6, 6.07) is 4.13. The van der Waals surface area contributed by atoms with Gasteiger partial charge in [-0.3, -0.25) is 9.59 Å². The van der Waals surface area contributed by atoms with E-state index in [-0.39, 0.29) is 24.3 Å². The minimum absolute atomic E-state index is 0.0900.